The maximum Gasteiger partial charge on any atom is 0.328 e. The van der Waals surface area contributed by atoms with Gasteiger partial charge in [0.25, 0.3) is 0 Å². The first-order valence-electron chi connectivity index (χ1n) is 9.16. The fourth-order valence-corrected chi connectivity index (χ4v) is 2.95. The summed E-state index contributed by atoms with van der Waals surface area (Å²) in [5.74, 6) is -0.0718. The molecule has 1 heterocycles. The van der Waals surface area contributed by atoms with Crippen LogP contribution in [0.1, 0.15) is 84.5 Å². The van der Waals surface area contributed by atoms with Gasteiger partial charge in [-0.05, 0) is 25.7 Å². The number of rotatable bonds is 11. The number of nitrogens with zero attached hydrogens (tertiary/aromatic N) is 1. The molecule has 0 aromatic heterocycles. The molecular formula is C18H33NO3. The third kappa shape index (κ3) is 6.80. The Labute approximate surface area is 135 Å². The van der Waals surface area contributed by atoms with Crippen molar-refractivity contribution in [1.82, 2.24) is 4.90 Å². The van der Waals surface area contributed by atoms with Gasteiger partial charge in [0.2, 0.25) is 5.91 Å². The van der Waals surface area contributed by atoms with E-state index in [0.29, 0.717) is 19.6 Å². The Balaban J connectivity index is 2.28. The summed E-state index contributed by atoms with van der Waals surface area (Å²) < 4.78 is 5.33. The Kier molecular flexibility index (Phi) is 9.93. The van der Waals surface area contributed by atoms with Crippen molar-refractivity contribution in [3.05, 3.63) is 0 Å². The first kappa shape index (κ1) is 19.0. The summed E-state index contributed by atoms with van der Waals surface area (Å²) in [5, 5.41) is 0. The van der Waals surface area contributed by atoms with Gasteiger partial charge in [-0.25, -0.2) is 4.79 Å². The van der Waals surface area contributed by atoms with Crippen LogP contribution < -0.4 is 0 Å². The molecule has 0 N–H and O–H groups in total. The molecule has 1 amide bonds. The van der Waals surface area contributed by atoms with Crippen LogP contribution in [0.3, 0.4) is 0 Å². The molecule has 0 radical (unpaired) electrons. The number of unbranched alkanes of at least 4 members (excludes halogenated alkanes) is 6. The largest absolute Gasteiger partial charge is 0.464 e. The summed E-state index contributed by atoms with van der Waals surface area (Å²) in [4.78, 5) is 26.2. The number of carbonyl (C=O) groups is 2. The van der Waals surface area contributed by atoms with E-state index >= 15 is 0 Å². The number of hydrogen-bond donors (Lipinski definition) is 0. The van der Waals surface area contributed by atoms with Crippen molar-refractivity contribution in [2.75, 3.05) is 13.2 Å². The Morgan fingerprint density at radius 1 is 1.00 bits per heavy atom. The molecule has 22 heavy (non-hydrogen) atoms. The van der Waals surface area contributed by atoms with Crippen LogP contribution >= 0.6 is 0 Å². The Morgan fingerprint density at radius 2 is 1.68 bits per heavy atom. The lowest BCUT2D eigenvalue weighted by Crippen LogP contribution is -2.41. The highest BCUT2D eigenvalue weighted by Crippen LogP contribution is 2.20. The van der Waals surface area contributed by atoms with Crippen LogP contribution in [0.4, 0.5) is 0 Å². The maximum atomic E-state index is 12.3. The second kappa shape index (κ2) is 11.5. The highest BCUT2D eigenvalue weighted by Gasteiger charge is 2.34. The first-order valence-corrected chi connectivity index (χ1v) is 9.16. The molecule has 0 bridgehead atoms. The molecule has 0 aromatic rings. The minimum absolute atomic E-state index is 0.129. The molecule has 0 spiro atoms. The van der Waals surface area contributed by atoms with E-state index < -0.39 is 0 Å². The second-order valence-electron chi connectivity index (χ2n) is 6.28. The summed E-state index contributed by atoms with van der Waals surface area (Å²) >= 11 is 0. The van der Waals surface area contributed by atoms with Gasteiger partial charge < -0.3 is 9.64 Å². The highest BCUT2D eigenvalue weighted by molar-refractivity contribution is 5.85. The van der Waals surface area contributed by atoms with E-state index in [-0.39, 0.29) is 17.9 Å². The molecule has 0 saturated carbocycles. The number of ether oxygens (including phenoxy) is 1. The van der Waals surface area contributed by atoms with Gasteiger partial charge in [0.15, 0.2) is 0 Å². The number of carbonyl (C=O) groups excluding carboxylic acids is 2. The first-order chi connectivity index (χ1) is 10.7. The van der Waals surface area contributed by atoms with E-state index in [4.69, 9.17) is 4.74 Å². The lowest BCUT2D eigenvalue weighted by Gasteiger charge is -2.23. The predicted molar refractivity (Wildman–Crippen MR) is 88.6 cm³/mol. The van der Waals surface area contributed by atoms with Gasteiger partial charge in [0.1, 0.15) is 6.04 Å². The number of amides is 1. The van der Waals surface area contributed by atoms with Crippen molar-refractivity contribution in [2.24, 2.45) is 0 Å². The molecule has 1 atom stereocenters. The Hall–Kier alpha value is -1.06. The SMILES string of the molecule is CCCCCCCC(=O)N1CCCC1C(=O)OCCCCC. The van der Waals surface area contributed by atoms with Crippen LogP contribution in [0.2, 0.25) is 0 Å². The van der Waals surface area contributed by atoms with E-state index in [9.17, 15) is 9.59 Å². The van der Waals surface area contributed by atoms with E-state index in [1.54, 1.807) is 4.90 Å². The summed E-state index contributed by atoms with van der Waals surface area (Å²) in [7, 11) is 0. The smallest absolute Gasteiger partial charge is 0.328 e. The molecule has 0 aliphatic carbocycles. The third-order valence-electron chi connectivity index (χ3n) is 4.33. The predicted octanol–water partition coefficient (Wildman–Crippen LogP) is 4.07. The molecule has 1 fully saturated rings. The molecule has 1 aliphatic heterocycles. The second-order valence-corrected chi connectivity index (χ2v) is 6.28. The van der Waals surface area contributed by atoms with Gasteiger partial charge >= 0.3 is 5.97 Å². The van der Waals surface area contributed by atoms with Crippen molar-refractivity contribution >= 4 is 11.9 Å². The van der Waals surface area contributed by atoms with Crippen LogP contribution in [0.15, 0.2) is 0 Å². The lowest BCUT2D eigenvalue weighted by atomic mass is 10.1. The standard InChI is InChI=1S/C18H33NO3/c1-3-5-7-8-9-13-17(20)19-14-11-12-16(19)18(21)22-15-10-6-4-2/h16H,3-15H2,1-2H3. The van der Waals surface area contributed by atoms with Gasteiger partial charge in [-0.1, -0.05) is 52.4 Å². The highest BCUT2D eigenvalue weighted by atomic mass is 16.5. The van der Waals surface area contributed by atoms with Crippen molar-refractivity contribution in [2.45, 2.75) is 90.5 Å². The van der Waals surface area contributed by atoms with Crippen LogP contribution in [0.25, 0.3) is 0 Å². The fourth-order valence-electron chi connectivity index (χ4n) is 2.95. The summed E-state index contributed by atoms with van der Waals surface area (Å²) in [6.07, 6.45) is 11.1. The molecule has 1 rings (SSSR count). The van der Waals surface area contributed by atoms with E-state index in [1.165, 1.54) is 19.3 Å². The van der Waals surface area contributed by atoms with Crippen LogP contribution in [0, 0.1) is 0 Å². The minimum Gasteiger partial charge on any atom is -0.464 e. The molecule has 1 aliphatic rings. The normalized spacial score (nSPS) is 17.7. The van der Waals surface area contributed by atoms with Crippen LogP contribution in [-0.4, -0.2) is 36.0 Å². The monoisotopic (exact) mass is 311 g/mol. The van der Waals surface area contributed by atoms with E-state index in [2.05, 4.69) is 13.8 Å². The minimum atomic E-state index is -0.329. The van der Waals surface area contributed by atoms with Crippen molar-refractivity contribution in [1.29, 1.82) is 0 Å². The van der Waals surface area contributed by atoms with Crippen LogP contribution in [0.5, 0.6) is 0 Å². The van der Waals surface area contributed by atoms with Crippen molar-refractivity contribution in [3.63, 3.8) is 0 Å². The quantitative estimate of drug-likeness (QED) is 0.427. The third-order valence-corrected chi connectivity index (χ3v) is 4.33. The molecule has 1 saturated heterocycles. The Bertz CT molecular complexity index is 330. The summed E-state index contributed by atoms with van der Waals surface area (Å²) in [5.41, 5.74) is 0. The Morgan fingerprint density at radius 3 is 2.41 bits per heavy atom. The number of esters is 1. The van der Waals surface area contributed by atoms with Gasteiger partial charge in [0, 0.05) is 13.0 Å². The van der Waals surface area contributed by atoms with Crippen molar-refractivity contribution in [3.8, 4) is 0 Å². The van der Waals surface area contributed by atoms with E-state index in [1.807, 2.05) is 0 Å². The molecule has 128 valence electrons. The number of likely N-dealkylation sites (tertiary alicyclic amines) is 1. The lowest BCUT2D eigenvalue weighted by molar-refractivity contribution is -0.153. The number of hydrogen-bond acceptors (Lipinski definition) is 3. The molecule has 4 heteroatoms. The fraction of sp³-hybridized carbons (Fsp3) is 0.889. The van der Waals surface area contributed by atoms with Crippen molar-refractivity contribution < 1.29 is 14.3 Å². The maximum absolute atomic E-state index is 12.3. The average molecular weight is 311 g/mol. The topological polar surface area (TPSA) is 46.6 Å². The van der Waals surface area contributed by atoms with E-state index in [0.717, 1.165) is 44.9 Å². The summed E-state index contributed by atoms with van der Waals surface area (Å²) in [6.45, 7) is 5.51. The van der Waals surface area contributed by atoms with Gasteiger partial charge in [-0.15, -0.1) is 0 Å². The zero-order valence-electron chi connectivity index (χ0n) is 14.4. The molecule has 4 nitrogen and oxygen atoms in total. The molecule has 1 unspecified atom stereocenters. The molecular weight excluding hydrogens is 278 g/mol. The molecule has 0 aromatic carbocycles. The van der Waals surface area contributed by atoms with Crippen LogP contribution in [-0.2, 0) is 14.3 Å². The van der Waals surface area contributed by atoms with Gasteiger partial charge in [-0.3, -0.25) is 4.79 Å². The zero-order chi connectivity index (χ0) is 16.2. The van der Waals surface area contributed by atoms with Gasteiger partial charge in [0.05, 0.1) is 6.61 Å². The average Bonchev–Trinajstić information content (AvgIpc) is 3.00. The zero-order valence-corrected chi connectivity index (χ0v) is 14.4. The van der Waals surface area contributed by atoms with Gasteiger partial charge in [-0.2, -0.15) is 0 Å². The summed E-state index contributed by atoms with van der Waals surface area (Å²) in [6, 6.07) is -0.329.